The monoisotopic (exact) mass is 1470 g/mol. The van der Waals surface area contributed by atoms with Crippen molar-refractivity contribution < 1.29 is 66.7 Å². The number of benzene rings is 8. The van der Waals surface area contributed by atoms with E-state index in [-0.39, 0.29) is 56.8 Å². The van der Waals surface area contributed by atoms with E-state index in [2.05, 4.69) is 13.8 Å². The molecule has 8 aromatic rings. The molecule has 0 aliphatic rings. The van der Waals surface area contributed by atoms with E-state index in [4.69, 9.17) is 37.9 Å². The minimum absolute atomic E-state index is 0.123. The van der Waals surface area contributed by atoms with Crippen molar-refractivity contribution in [3.05, 3.63) is 228 Å². The number of ether oxygens (including phenoxy) is 8. The summed E-state index contributed by atoms with van der Waals surface area (Å²) in [5.74, 6) is -1.12. The Bertz CT molecular complexity index is 3640. The number of carbonyl (C=O) groups excluding carboxylic acids is 6. The Labute approximate surface area is 641 Å². The molecule has 108 heavy (non-hydrogen) atoms. The highest BCUT2D eigenvalue weighted by Gasteiger charge is 2.19. The number of hydrogen-bond donors (Lipinski definition) is 0. The molecule has 8 rings (SSSR count). The molecule has 0 heterocycles. The van der Waals surface area contributed by atoms with Crippen molar-refractivity contribution in [3.63, 3.8) is 0 Å². The number of unbranched alkanes of at least 4 members (excludes halogenated alkanes) is 34. The first-order valence-corrected chi connectivity index (χ1v) is 40.4. The summed E-state index contributed by atoms with van der Waals surface area (Å²) in [6, 6.07) is 51.6. The van der Waals surface area contributed by atoms with Gasteiger partial charge in [0.2, 0.25) is 0 Å². The van der Waals surface area contributed by atoms with Crippen molar-refractivity contribution in [2.45, 2.75) is 245 Å². The number of esters is 6. The SMILES string of the molecule is CCCCCCCCCCCCCCCCCCCCOc1ccc(C(=O)Oc2ccc(C(=O)Oc3cccc(C(=O)Oc4ccc(-c5ccc(OC(=O)c6cccc(OC(=O)c7ccc(OC(=O)c8ccc(OCCCCCCCCCCCCCCCCCCCC)cc8)cc7)c6)cc5)cc4)c3)cc2)cc1. The molecule has 14 nitrogen and oxygen atoms in total. The Morgan fingerprint density at radius 2 is 0.389 bits per heavy atom. The van der Waals surface area contributed by atoms with Crippen molar-refractivity contribution in [3.8, 4) is 57.1 Å². The minimum atomic E-state index is -0.681. The molecular weight excluding hydrogens is 1350 g/mol. The van der Waals surface area contributed by atoms with Crippen LogP contribution in [0.3, 0.4) is 0 Å². The van der Waals surface area contributed by atoms with Crippen LogP contribution in [0.1, 0.15) is 307 Å². The van der Waals surface area contributed by atoms with Gasteiger partial charge in [0.25, 0.3) is 0 Å². The zero-order valence-corrected chi connectivity index (χ0v) is 64.1. The van der Waals surface area contributed by atoms with E-state index in [1.807, 2.05) is 0 Å². The van der Waals surface area contributed by atoms with Crippen LogP contribution in [0, 0.1) is 0 Å². The third kappa shape index (κ3) is 32.3. The summed E-state index contributed by atoms with van der Waals surface area (Å²) in [6.45, 7) is 5.80. The first-order valence-electron chi connectivity index (χ1n) is 40.4. The Kier molecular flexibility index (Phi) is 38.7. The maximum atomic E-state index is 13.3. The molecule has 0 fully saturated rings. The zero-order chi connectivity index (χ0) is 75.9. The highest BCUT2D eigenvalue weighted by molar-refractivity contribution is 5.96. The molecule has 0 radical (unpaired) electrons. The molecule has 14 heteroatoms. The van der Waals surface area contributed by atoms with E-state index in [0.29, 0.717) is 35.8 Å². The summed E-state index contributed by atoms with van der Waals surface area (Å²) >= 11 is 0. The minimum Gasteiger partial charge on any atom is -0.494 e. The Hall–Kier alpha value is -9.82. The molecule has 0 spiro atoms. The smallest absolute Gasteiger partial charge is 0.343 e. The number of hydrogen-bond acceptors (Lipinski definition) is 14. The van der Waals surface area contributed by atoms with Gasteiger partial charge in [-0.15, -0.1) is 0 Å². The number of rotatable bonds is 53. The van der Waals surface area contributed by atoms with E-state index in [0.717, 1.165) is 36.8 Å². The average Bonchev–Trinajstić information content (AvgIpc) is 0.883. The van der Waals surface area contributed by atoms with Crippen molar-refractivity contribution in [1.82, 2.24) is 0 Å². The Morgan fingerprint density at radius 1 is 0.194 bits per heavy atom. The molecule has 0 saturated heterocycles. The first kappa shape index (κ1) is 83.8. The van der Waals surface area contributed by atoms with Crippen LogP contribution in [0.4, 0.5) is 0 Å². The first-order chi connectivity index (χ1) is 53.0. The molecule has 0 aliphatic carbocycles. The second-order valence-electron chi connectivity index (χ2n) is 28.3. The van der Waals surface area contributed by atoms with E-state index in [1.54, 1.807) is 133 Å². The van der Waals surface area contributed by atoms with Gasteiger partial charge < -0.3 is 37.9 Å². The summed E-state index contributed by atoms with van der Waals surface area (Å²) in [5.41, 5.74) is 3.01. The third-order valence-corrected chi connectivity index (χ3v) is 19.3. The summed E-state index contributed by atoms with van der Waals surface area (Å²) in [6.07, 6.45) is 47.9. The van der Waals surface area contributed by atoms with Crippen molar-refractivity contribution in [2.75, 3.05) is 13.2 Å². The molecule has 0 aliphatic heterocycles. The number of carbonyl (C=O) groups is 6. The van der Waals surface area contributed by atoms with Gasteiger partial charge in [-0.1, -0.05) is 269 Å². The molecule has 0 unspecified atom stereocenters. The van der Waals surface area contributed by atoms with Crippen LogP contribution in [-0.2, 0) is 0 Å². The van der Waals surface area contributed by atoms with Crippen LogP contribution in [-0.4, -0.2) is 49.0 Å². The second-order valence-corrected chi connectivity index (χ2v) is 28.3. The maximum Gasteiger partial charge on any atom is 0.343 e. The molecule has 0 saturated carbocycles. The van der Waals surface area contributed by atoms with Crippen molar-refractivity contribution >= 4 is 35.8 Å². The highest BCUT2D eigenvalue weighted by Crippen LogP contribution is 2.29. The molecule has 0 bridgehead atoms. The van der Waals surface area contributed by atoms with Crippen molar-refractivity contribution in [2.24, 2.45) is 0 Å². The zero-order valence-electron chi connectivity index (χ0n) is 64.1. The van der Waals surface area contributed by atoms with Gasteiger partial charge in [-0.2, -0.15) is 0 Å². The molecule has 0 atom stereocenters. The fourth-order valence-corrected chi connectivity index (χ4v) is 12.9. The summed E-state index contributed by atoms with van der Waals surface area (Å²) < 4.78 is 45.6. The lowest BCUT2D eigenvalue weighted by molar-refractivity contribution is 0.0713. The predicted octanol–water partition coefficient (Wildman–Crippen LogP) is 25.5. The molecule has 0 aromatic heterocycles. The second kappa shape index (κ2) is 49.9. The summed E-state index contributed by atoms with van der Waals surface area (Å²) in [7, 11) is 0. The fourth-order valence-electron chi connectivity index (χ4n) is 12.9. The average molecular weight is 1470 g/mol. The quantitative estimate of drug-likeness (QED) is 0.0200. The van der Waals surface area contributed by atoms with Gasteiger partial charge in [0.15, 0.2) is 0 Å². The van der Waals surface area contributed by atoms with Gasteiger partial charge >= 0.3 is 35.8 Å². The Balaban J connectivity index is 0.662. The van der Waals surface area contributed by atoms with Crippen LogP contribution in [0.25, 0.3) is 11.1 Å². The highest BCUT2D eigenvalue weighted by atomic mass is 16.6. The van der Waals surface area contributed by atoms with Gasteiger partial charge in [-0.25, -0.2) is 28.8 Å². The predicted molar refractivity (Wildman–Crippen MR) is 429 cm³/mol. The lowest BCUT2D eigenvalue weighted by atomic mass is 10.0. The van der Waals surface area contributed by atoms with Gasteiger partial charge in [-0.3, -0.25) is 0 Å². The van der Waals surface area contributed by atoms with E-state index >= 15 is 0 Å². The topological polar surface area (TPSA) is 176 Å². The largest absolute Gasteiger partial charge is 0.494 e. The van der Waals surface area contributed by atoms with Crippen molar-refractivity contribution in [1.29, 1.82) is 0 Å². The van der Waals surface area contributed by atoms with E-state index < -0.39 is 35.8 Å². The lowest BCUT2D eigenvalue weighted by Gasteiger charge is -2.10. The lowest BCUT2D eigenvalue weighted by Crippen LogP contribution is -2.12. The normalized spacial score (nSPS) is 11.0. The van der Waals surface area contributed by atoms with Gasteiger partial charge in [0.05, 0.1) is 46.6 Å². The maximum absolute atomic E-state index is 13.3. The molecule has 0 amide bonds. The molecular formula is C94H114O14. The summed E-state index contributed by atoms with van der Waals surface area (Å²) in [5, 5.41) is 0. The molecule has 8 aromatic carbocycles. The fraction of sp³-hybridized carbons (Fsp3) is 0.426. The van der Waals surface area contributed by atoms with Crippen LogP contribution < -0.4 is 37.9 Å². The van der Waals surface area contributed by atoms with Gasteiger partial charge in [-0.05, 0) is 182 Å². The van der Waals surface area contributed by atoms with E-state index in [9.17, 15) is 28.8 Å². The van der Waals surface area contributed by atoms with Crippen LogP contribution in [0.5, 0.6) is 46.0 Å². The molecule has 574 valence electrons. The summed E-state index contributed by atoms with van der Waals surface area (Å²) in [4.78, 5) is 78.9. The van der Waals surface area contributed by atoms with Gasteiger partial charge in [0, 0.05) is 0 Å². The van der Waals surface area contributed by atoms with Gasteiger partial charge in [0.1, 0.15) is 46.0 Å². The van der Waals surface area contributed by atoms with E-state index in [1.165, 1.54) is 266 Å². The molecule has 0 N–H and O–H groups in total. The standard InChI is InChI=1S/C94H114O14/c1-3-5-7-9-11-13-15-17-19-21-23-25-27-29-31-33-35-37-69-101-81-57-49-75(50-58-81)89(95)103-85-65-53-77(54-66-85)91(97)107-87-43-39-41-79(71-87)93(99)105-83-61-45-73(46-62-83)74-47-63-84(64-48-74)106-94(100)80-42-40-44-88(72-80)108-92(98)78-55-67-86(68-56-78)104-90(96)76-51-59-82(60-52-76)102-70-38-36-34-32-30-28-26-24-22-20-18-16-14-12-10-8-6-4-2/h39-68,71-72H,3-38,69-70H2,1-2H3. The van der Waals surface area contributed by atoms with Crippen LogP contribution >= 0.6 is 0 Å². The third-order valence-electron chi connectivity index (χ3n) is 19.3. The Morgan fingerprint density at radius 3 is 0.630 bits per heavy atom. The van der Waals surface area contributed by atoms with Crippen LogP contribution in [0.2, 0.25) is 0 Å². The van der Waals surface area contributed by atoms with Crippen LogP contribution in [0.15, 0.2) is 194 Å².